The number of piperazine rings is 1. The van der Waals surface area contributed by atoms with Gasteiger partial charge in [0.1, 0.15) is 22.5 Å². The molecule has 2 fully saturated rings. The van der Waals surface area contributed by atoms with E-state index >= 15 is 0 Å². The summed E-state index contributed by atoms with van der Waals surface area (Å²) in [6.45, 7) is 6.05. The van der Waals surface area contributed by atoms with E-state index in [1.54, 1.807) is 21.5 Å². The summed E-state index contributed by atoms with van der Waals surface area (Å²) in [6, 6.07) is 12.0. The zero-order valence-corrected chi connectivity index (χ0v) is 23.7. The minimum Gasteiger partial charge on any atom is -0.389 e. The smallest absolute Gasteiger partial charge is 0.236 e. The summed E-state index contributed by atoms with van der Waals surface area (Å²) in [7, 11) is 1.88. The lowest BCUT2D eigenvalue weighted by molar-refractivity contribution is -0.142. The highest BCUT2D eigenvalue weighted by Crippen LogP contribution is 2.39. The average molecular weight is 576 g/mol. The number of thiazole rings is 1. The average Bonchev–Trinajstić information content (AvgIpc) is 3.58. The summed E-state index contributed by atoms with van der Waals surface area (Å²) in [4.78, 5) is 25.6. The number of amides is 1. The fraction of sp³-hybridized carbons (Fsp3) is 0.379. The number of rotatable bonds is 7. The first-order chi connectivity index (χ1) is 20.2. The minimum atomic E-state index is -0.402. The number of benzene rings is 1. The number of aromatic nitrogens is 3. The lowest BCUT2D eigenvalue weighted by Crippen LogP contribution is -2.57. The van der Waals surface area contributed by atoms with Crippen LogP contribution in [0.3, 0.4) is 0 Å². The van der Waals surface area contributed by atoms with Crippen LogP contribution >= 0.6 is 11.3 Å². The second-order valence-electron chi connectivity index (χ2n) is 10.4. The van der Waals surface area contributed by atoms with Gasteiger partial charge in [0.15, 0.2) is 5.13 Å². The molecule has 0 aliphatic carbocycles. The molecule has 41 heavy (non-hydrogen) atoms. The number of carbonyl (C=O) groups is 1. The predicted molar refractivity (Wildman–Crippen MR) is 156 cm³/mol. The molecule has 0 spiro atoms. The Bertz CT molecular complexity index is 1670. The summed E-state index contributed by atoms with van der Waals surface area (Å²) < 4.78 is 23.9. The van der Waals surface area contributed by atoms with Gasteiger partial charge in [-0.05, 0) is 42.8 Å². The van der Waals surface area contributed by atoms with Crippen LogP contribution in [-0.2, 0) is 11.2 Å². The van der Waals surface area contributed by atoms with Crippen LogP contribution in [0, 0.1) is 17.1 Å². The number of hydrogen-bond donors (Lipinski definition) is 1. The van der Waals surface area contributed by atoms with Gasteiger partial charge in [0.05, 0.1) is 30.9 Å². The van der Waals surface area contributed by atoms with Crippen molar-refractivity contribution in [1.29, 1.82) is 5.26 Å². The molecule has 1 N–H and O–H groups in total. The van der Waals surface area contributed by atoms with E-state index in [0.29, 0.717) is 60.4 Å². The van der Waals surface area contributed by atoms with Crippen LogP contribution in [-0.4, -0.2) is 94.4 Å². The van der Waals surface area contributed by atoms with Crippen molar-refractivity contribution in [2.45, 2.75) is 19.4 Å². The van der Waals surface area contributed by atoms with Gasteiger partial charge in [-0.1, -0.05) is 18.3 Å². The summed E-state index contributed by atoms with van der Waals surface area (Å²) in [6.07, 6.45) is 0.494. The number of nitrogens with zero attached hydrogens (tertiary/aromatic N) is 8. The van der Waals surface area contributed by atoms with E-state index in [1.807, 2.05) is 31.0 Å². The second-order valence-corrected chi connectivity index (χ2v) is 11.3. The number of fused-ring (bicyclic) bond motifs is 1. The van der Waals surface area contributed by atoms with Crippen molar-refractivity contribution in [1.82, 2.24) is 24.4 Å². The van der Waals surface area contributed by atoms with Crippen molar-refractivity contribution in [2.24, 2.45) is 0 Å². The second kappa shape index (κ2) is 11.1. The van der Waals surface area contributed by atoms with Crippen LogP contribution in [0.1, 0.15) is 18.9 Å². The molecular formula is C29H31FN8O2S. The molecule has 5 heterocycles. The normalized spacial score (nSPS) is 16.5. The number of carbonyl (C=O) groups excluding carboxylic acids is 1. The van der Waals surface area contributed by atoms with Crippen LogP contribution in [0.2, 0.25) is 0 Å². The Morgan fingerprint density at radius 2 is 1.98 bits per heavy atom. The predicted octanol–water partition coefficient (Wildman–Crippen LogP) is 3.12. The first-order valence-corrected chi connectivity index (χ1v) is 14.4. The van der Waals surface area contributed by atoms with Crippen molar-refractivity contribution in [2.75, 3.05) is 62.7 Å². The quantitative estimate of drug-likeness (QED) is 0.359. The molecule has 0 bridgehead atoms. The first kappa shape index (κ1) is 25.9. The number of aliphatic hydroxyl groups is 1. The van der Waals surface area contributed by atoms with E-state index < -0.39 is 6.10 Å². The lowest BCUT2D eigenvalue weighted by atomic mass is 10.1. The topological polar surface area (TPSA) is 104 Å². The fourth-order valence-corrected chi connectivity index (χ4v) is 6.19. The van der Waals surface area contributed by atoms with Crippen LogP contribution in [0.5, 0.6) is 0 Å². The molecular weight excluding hydrogens is 543 g/mol. The Labute approximate surface area is 242 Å². The highest BCUT2D eigenvalue weighted by Gasteiger charge is 2.30. The molecule has 4 aromatic rings. The molecule has 2 aliphatic heterocycles. The number of hydrogen-bond acceptors (Lipinski definition) is 9. The maximum Gasteiger partial charge on any atom is 0.236 e. The van der Waals surface area contributed by atoms with E-state index in [0.717, 1.165) is 35.7 Å². The van der Waals surface area contributed by atoms with E-state index in [4.69, 9.17) is 11.5 Å². The van der Waals surface area contributed by atoms with Crippen molar-refractivity contribution in [3.8, 4) is 17.3 Å². The highest BCUT2D eigenvalue weighted by molar-refractivity contribution is 7.16. The highest BCUT2D eigenvalue weighted by atomic mass is 32.1. The molecule has 6 rings (SSSR count). The Balaban J connectivity index is 1.27. The van der Waals surface area contributed by atoms with Crippen molar-refractivity contribution >= 4 is 39.3 Å². The molecule has 0 atom stereocenters. The molecule has 3 aromatic heterocycles. The lowest BCUT2D eigenvalue weighted by Gasteiger charge is -2.39. The third-order valence-corrected chi connectivity index (χ3v) is 8.72. The monoisotopic (exact) mass is 575 g/mol. The molecule has 1 aromatic carbocycles. The van der Waals surface area contributed by atoms with Gasteiger partial charge in [-0.25, -0.2) is 13.9 Å². The molecule has 0 saturated carbocycles. The van der Waals surface area contributed by atoms with E-state index in [2.05, 4.69) is 15.9 Å². The number of likely N-dealkylation sites (tertiary alicyclic amines) is 1. The van der Waals surface area contributed by atoms with Gasteiger partial charge in [0.25, 0.3) is 0 Å². The third kappa shape index (κ3) is 5.24. The van der Waals surface area contributed by atoms with Crippen molar-refractivity contribution in [3.63, 3.8) is 0 Å². The molecule has 0 unspecified atom stereocenters. The van der Waals surface area contributed by atoms with Crippen LogP contribution in [0.25, 0.3) is 16.8 Å². The molecule has 212 valence electrons. The summed E-state index contributed by atoms with van der Waals surface area (Å²) in [5, 5.41) is 24.6. The Kier molecular flexibility index (Phi) is 7.00. The summed E-state index contributed by atoms with van der Waals surface area (Å²) >= 11 is 1.26. The van der Waals surface area contributed by atoms with Gasteiger partial charge < -0.3 is 19.8 Å². The van der Waals surface area contributed by atoms with Gasteiger partial charge >= 0.3 is 0 Å². The van der Waals surface area contributed by atoms with Crippen LogP contribution in [0.4, 0.5) is 20.9 Å². The minimum absolute atomic E-state index is 0.0481. The van der Waals surface area contributed by atoms with Gasteiger partial charge in [-0.2, -0.15) is 10.4 Å². The zero-order chi connectivity index (χ0) is 29.5. The first-order valence-electron chi connectivity index (χ1n) is 14.1. The molecule has 2 saturated heterocycles. The molecule has 10 nitrogen and oxygen atoms in total. The Morgan fingerprint density at radius 1 is 1.24 bits per heavy atom. The Hall–Kier alpha value is -4.05. The number of aliphatic hydroxyl groups excluding tert-OH is 1. The van der Waals surface area contributed by atoms with Gasteiger partial charge in [0.2, 0.25) is 5.91 Å². The Morgan fingerprint density at radius 3 is 2.63 bits per heavy atom. The fourth-order valence-electron chi connectivity index (χ4n) is 5.33. The number of anilines is 3. The summed E-state index contributed by atoms with van der Waals surface area (Å²) in [5.74, 6) is -0.305. The van der Waals surface area contributed by atoms with E-state index in [9.17, 15) is 19.6 Å². The molecule has 12 heteroatoms. The third-order valence-electron chi connectivity index (χ3n) is 7.69. The maximum atomic E-state index is 13.5. The molecule has 1 amide bonds. The molecule has 0 radical (unpaired) electrons. The number of halogens is 1. The van der Waals surface area contributed by atoms with E-state index in [1.165, 1.54) is 23.5 Å². The number of β-amino-alcohol motifs (C(OH)–C–C–N with tert-alkyl or cyclic N) is 1. The largest absolute Gasteiger partial charge is 0.389 e. The summed E-state index contributed by atoms with van der Waals surface area (Å²) in [5.41, 5.74) is 4.46. The van der Waals surface area contributed by atoms with Gasteiger partial charge in [-0.3, -0.25) is 9.69 Å². The van der Waals surface area contributed by atoms with Gasteiger partial charge in [-0.15, -0.1) is 0 Å². The standard InChI is InChI=1S/C29H31FN8O2S/c1-3-23-28(34(2)29-32-27(25(15-31)41-29)19-4-6-20(30)7-5-19)24-14-21(8-9-38(24)33-23)36-12-10-35(11-13-36)18-26(40)37-16-22(39)17-37/h4-9,14,22,39H,3,10-13,16-18H2,1-2H3/i9D. The van der Waals surface area contributed by atoms with Crippen LogP contribution in [0.15, 0.2) is 42.6 Å². The maximum absolute atomic E-state index is 13.5. The van der Waals surface area contributed by atoms with Crippen molar-refractivity contribution < 1.29 is 15.7 Å². The number of aryl methyl sites for hydroxylation is 1. The van der Waals surface area contributed by atoms with Crippen molar-refractivity contribution in [3.05, 3.63) is 59.0 Å². The van der Waals surface area contributed by atoms with E-state index in [-0.39, 0.29) is 17.9 Å². The van der Waals surface area contributed by atoms with Crippen LogP contribution < -0.4 is 9.80 Å². The SMILES string of the molecule is [2H]c1cc(N2CCN(CC(=O)N3CC(O)C3)CC2)cc2c(N(C)c3nc(-c4ccc(F)cc4)c(C#N)s3)c(CC)nn12. The number of pyridine rings is 1. The zero-order valence-electron chi connectivity index (χ0n) is 23.9. The van der Waals surface area contributed by atoms with Gasteiger partial charge in [0, 0.05) is 63.7 Å². The number of nitriles is 1. The molecule has 2 aliphatic rings.